The number of fused-ring (bicyclic) bond motifs is 1. The number of benzene rings is 3. The van der Waals surface area contributed by atoms with Crippen molar-refractivity contribution in [1.82, 2.24) is 4.98 Å². The summed E-state index contributed by atoms with van der Waals surface area (Å²) in [6.07, 6.45) is 0. The molecule has 0 spiro atoms. The van der Waals surface area contributed by atoms with E-state index in [1.54, 1.807) is 37.3 Å². The molecule has 0 aliphatic rings. The Morgan fingerprint density at radius 2 is 1.79 bits per heavy atom. The number of hydrogen-bond donors (Lipinski definition) is 1. The second kappa shape index (κ2) is 8.59. The fourth-order valence-electron chi connectivity index (χ4n) is 2.61. The van der Waals surface area contributed by atoms with Gasteiger partial charge in [-0.2, -0.15) is 0 Å². The molecule has 1 heterocycles. The van der Waals surface area contributed by atoms with Gasteiger partial charge in [0.05, 0.1) is 5.25 Å². The minimum atomic E-state index is -0.390. The molecule has 0 aliphatic heterocycles. The number of para-hydroxylation sites is 1. The van der Waals surface area contributed by atoms with Gasteiger partial charge in [-0.05, 0) is 61.5 Å². The van der Waals surface area contributed by atoms with Crippen LogP contribution in [0.1, 0.15) is 6.92 Å². The summed E-state index contributed by atoms with van der Waals surface area (Å²) in [5, 5.41) is 3.52. The number of carbonyl (C=O) groups is 1. The van der Waals surface area contributed by atoms with Gasteiger partial charge in [-0.1, -0.05) is 41.6 Å². The zero-order valence-electron chi connectivity index (χ0n) is 15.5. The van der Waals surface area contributed by atoms with Crippen molar-refractivity contribution in [2.24, 2.45) is 0 Å². The van der Waals surface area contributed by atoms with Crippen molar-refractivity contribution < 1.29 is 13.9 Å². The molecule has 0 radical (unpaired) electrons. The number of thioether (sulfide) groups is 1. The van der Waals surface area contributed by atoms with Crippen molar-refractivity contribution in [1.29, 1.82) is 0 Å². The number of anilines is 1. The highest BCUT2D eigenvalue weighted by molar-refractivity contribution is 8.00. The van der Waals surface area contributed by atoms with E-state index in [1.807, 2.05) is 42.5 Å². The summed E-state index contributed by atoms with van der Waals surface area (Å²) in [6, 6.07) is 22.0. The largest absolute Gasteiger partial charge is 0.457 e. The molecule has 1 unspecified atom stereocenters. The van der Waals surface area contributed by atoms with E-state index in [0.717, 1.165) is 5.75 Å². The van der Waals surface area contributed by atoms with Gasteiger partial charge in [0.15, 0.2) is 5.58 Å². The van der Waals surface area contributed by atoms with Crippen LogP contribution in [0.2, 0.25) is 5.02 Å². The van der Waals surface area contributed by atoms with E-state index in [1.165, 1.54) is 11.8 Å². The first-order chi connectivity index (χ1) is 14.1. The SMILES string of the molecule is CC(Sc1nc2cc(Cl)ccc2o1)C(=O)Nc1ccc(Oc2ccccc2)cc1. The van der Waals surface area contributed by atoms with Gasteiger partial charge in [-0.25, -0.2) is 4.98 Å². The number of aromatic nitrogens is 1. The Morgan fingerprint density at radius 3 is 2.55 bits per heavy atom. The van der Waals surface area contributed by atoms with Crippen LogP contribution in [0.15, 0.2) is 82.4 Å². The van der Waals surface area contributed by atoms with E-state index in [9.17, 15) is 4.79 Å². The van der Waals surface area contributed by atoms with Crippen LogP contribution in [0.5, 0.6) is 11.5 Å². The molecule has 1 N–H and O–H groups in total. The first-order valence-corrected chi connectivity index (χ1v) is 10.2. The topological polar surface area (TPSA) is 64.4 Å². The molecular formula is C22H17ClN2O3S. The number of nitrogens with zero attached hydrogens (tertiary/aromatic N) is 1. The Balaban J connectivity index is 1.36. The Bertz CT molecular complexity index is 1130. The third-order valence-electron chi connectivity index (χ3n) is 4.08. The summed E-state index contributed by atoms with van der Waals surface area (Å²) in [4.78, 5) is 16.9. The first-order valence-electron chi connectivity index (χ1n) is 8.93. The van der Waals surface area contributed by atoms with Crippen LogP contribution < -0.4 is 10.1 Å². The maximum atomic E-state index is 12.5. The summed E-state index contributed by atoms with van der Waals surface area (Å²) >= 11 is 7.22. The van der Waals surface area contributed by atoms with Crippen LogP contribution in [0.3, 0.4) is 0 Å². The van der Waals surface area contributed by atoms with Crippen LogP contribution in [0.25, 0.3) is 11.1 Å². The number of ether oxygens (including phenoxy) is 1. The zero-order valence-corrected chi connectivity index (χ0v) is 17.0. The summed E-state index contributed by atoms with van der Waals surface area (Å²) in [5.41, 5.74) is 1.99. The Labute approximate surface area is 177 Å². The minimum absolute atomic E-state index is 0.146. The van der Waals surface area contributed by atoms with E-state index in [0.29, 0.717) is 32.8 Å². The van der Waals surface area contributed by atoms with Crippen molar-refractivity contribution >= 4 is 46.1 Å². The first kappa shape index (κ1) is 19.4. The molecule has 1 aromatic heterocycles. The smallest absolute Gasteiger partial charge is 0.257 e. The molecule has 146 valence electrons. The van der Waals surface area contributed by atoms with Crippen molar-refractivity contribution in [2.75, 3.05) is 5.32 Å². The summed E-state index contributed by atoms with van der Waals surface area (Å²) in [5.74, 6) is 1.31. The van der Waals surface area contributed by atoms with Gasteiger partial charge in [-0.15, -0.1) is 0 Å². The standard InChI is InChI=1S/C22H17ClN2O3S/c1-14(29-22-25-19-13-15(23)7-12-20(19)28-22)21(26)24-16-8-10-18(11-9-16)27-17-5-3-2-4-6-17/h2-14H,1H3,(H,24,26). The lowest BCUT2D eigenvalue weighted by Gasteiger charge is -2.11. The van der Waals surface area contributed by atoms with Gasteiger partial charge in [0.25, 0.3) is 5.22 Å². The highest BCUT2D eigenvalue weighted by Gasteiger charge is 2.18. The number of rotatable bonds is 6. The van der Waals surface area contributed by atoms with E-state index >= 15 is 0 Å². The summed E-state index contributed by atoms with van der Waals surface area (Å²) in [6.45, 7) is 1.80. The molecule has 1 atom stereocenters. The minimum Gasteiger partial charge on any atom is -0.457 e. The number of oxazole rings is 1. The monoisotopic (exact) mass is 424 g/mol. The number of halogens is 1. The Kier molecular flexibility index (Phi) is 5.74. The molecule has 5 nitrogen and oxygen atoms in total. The van der Waals surface area contributed by atoms with Crippen LogP contribution in [-0.4, -0.2) is 16.1 Å². The third kappa shape index (κ3) is 4.91. The van der Waals surface area contributed by atoms with E-state index in [-0.39, 0.29) is 5.91 Å². The second-order valence-corrected chi connectivity index (χ2v) is 8.01. The quantitative estimate of drug-likeness (QED) is 0.363. The highest BCUT2D eigenvalue weighted by atomic mass is 35.5. The van der Waals surface area contributed by atoms with Gasteiger partial charge >= 0.3 is 0 Å². The molecule has 0 aliphatic carbocycles. The van der Waals surface area contributed by atoms with E-state index < -0.39 is 5.25 Å². The average Bonchev–Trinajstić information content (AvgIpc) is 3.11. The molecule has 29 heavy (non-hydrogen) atoms. The fourth-order valence-corrected chi connectivity index (χ4v) is 3.53. The van der Waals surface area contributed by atoms with Gasteiger partial charge in [0.2, 0.25) is 5.91 Å². The molecule has 1 amide bonds. The van der Waals surface area contributed by atoms with Crippen molar-refractivity contribution in [3.8, 4) is 11.5 Å². The molecule has 3 aromatic carbocycles. The lowest BCUT2D eigenvalue weighted by atomic mass is 10.3. The fraction of sp³-hybridized carbons (Fsp3) is 0.0909. The predicted molar refractivity (Wildman–Crippen MR) is 116 cm³/mol. The number of carbonyl (C=O) groups excluding carboxylic acids is 1. The molecule has 0 fully saturated rings. The van der Waals surface area contributed by atoms with Gasteiger partial charge in [-0.3, -0.25) is 4.79 Å². The number of nitrogens with one attached hydrogen (secondary N) is 1. The predicted octanol–water partition coefficient (Wildman–Crippen LogP) is 6.39. The second-order valence-electron chi connectivity index (χ2n) is 6.28. The molecule has 0 bridgehead atoms. The molecule has 7 heteroatoms. The molecule has 4 rings (SSSR count). The lowest BCUT2D eigenvalue weighted by molar-refractivity contribution is -0.115. The van der Waals surface area contributed by atoms with Crippen molar-refractivity contribution in [2.45, 2.75) is 17.4 Å². The lowest BCUT2D eigenvalue weighted by Crippen LogP contribution is -2.22. The molecule has 0 saturated heterocycles. The summed E-state index contributed by atoms with van der Waals surface area (Å²) in [7, 11) is 0. The Hall–Kier alpha value is -2.96. The van der Waals surface area contributed by atoms with Crippen LogP contribution in [-0.2, 0) is 4.79 Å². The Morgan fingerprint density at radius 1 is 1.07 bits per heavy atom. The zero-order chi connectivity index (χ0) is 20.2. The average molecular weight is 425 g/mol. The third-order valence-corrected chi connectivity index (χ3v) is 5.26. The maximum Gasteiger partial charge on any atom is 0.257 e. The highest BCUT2D eigenvalue weighted by Crippen LogP contribution is 2.29. The van der Waals surface area contributed by atoms with Crippen LogP contribution in [0.4, 0.5) is 5.69 Å². The normalized spacial score (nSPS) is 11.9. The van der Waals surface area contributed by atoms with Crippen molar-refractivity contribution in [3.63, 3.8) is 0 Å². The van der Waals surface area contributed by atoms with Crippen LogP contribution >= 0.6 is 23.4 Å². The maximum absolute atomic E-state index is 12.5. The van der Waals surface area contributed by atoms with Crippen LogP contribution in [0, 0.1) is 0 Å². The van der Waals surface area contributed by atoms with Crippen molar-refractivity contribution in [3.05, 3.63) is 77.8 Å². The summed E-state index contributed by atoms with van der Waals surface area (Å²) < 4.78 is 11.4. The number of hydrogen-bond acceptors (Lipinski definition) is 5. The van der Waals surface area contributed by atoms with Gasteiger partial charge < -0.3 is 14.5 Å². The number of amides is 1. The molecule has 0 saturated carbocycles. The molecule has 4 aromatic rings. The van der Waals surface area contributed by atoms with Gasteiger partial charge in [0.1, 0.15) is 17.0 Å². The molecular weight excluding hydrogens is 408 g/mol. The van der Waals surface area contributed by atoms with Gasteiger partial charge in [0, 0.05) is 10.7 Å². The van der Waals surface area contributed by atoms with E-state index in [2.05, 4.69) is 10.3 Å². The van der Waals surface area contributed by atoms with E-state index in [4.69, 9.17) is 20.8 Å².